The normalized spacial score (nSPS) is 15.6. The van der Waals surface area contributed by atoms with Crippen molar-refractivity contribution in [3.8, 4) is 17.2 Å². The molecule has 1 unspecified atom stereocenters. The predicted molar refractivity (Wildman–Crippen MR) is 245 cm³/mol. The Morgan fingerprint density at radius 2 is 1.24 bits per heavy atom. The van der Waals surface area contributed by atoms with E-state index in [2.05, 4.69) is 33.5 Å². The molecule has 0 radical (unpaired) electrons. The summed E-state index contributed by atoms with van der Waals surface area (Å²) in [5, 5.41) is 10.3. The van der Waals surface area contributed by atoms with Crippen LogP contribution in [0.5, 0.6) is 11.5 Å². The van der Waals surface area contributed by atoms with Crippen LogP contribution < -0.4 is 18.9 Å². The number of fused-ring (bicyclic) bond motifs is 2. The monoisotopic (exact) mass is 914 g/mol. The van der Waals surface area contributed by atoms with Crippen molar-refractivity contribution in [2.24, 2.45) is 0 Å². The Labute approximate surface area is 370 Å². The fourth-order valence-corrected chi connectivity index (χ4v) is 10.2. The van der Waals surface area contributed by atoms with Crippen molar-refractivity contribution in [2.75, 3.05) is 12.5 Å². The molecule has 0 aliphatic heterocycles. The number of halogens is 1. The third-order valence-corrected chi connectivity index (χ3v) is 14.3. The molecule has 17 heteroatoms. The number of aromatic nitrogens is 4. The molecule has 0 spiro atoms. The summed E-state index contributed by atoms with van der Waals surface area (Å²) in [5.41, 5.74) is 4.25. The molecule has 5 aromatic carbocycles. The first kappa shape index (κ1) is 45.6. The lowest BCUT2D eigenvalue weighted by molar-refractivity contribution is 0.173. The van der Waals surface area contributed by atoms with Gasteiger partial charge in [-0.15, -0.1) is 0 Å². The Bertz CT molecular complexity index is 2920. The number of nitrogens with zero attached hydrogens (tertiary/aromatic N) is 4. The molecule has 2 aromatic heterocycles. The zero-order valence-corrected chi connectivity index (χ0v) is 38.2. The lowest BCUT2D eigenvalue weighted by atomic mass is 10.0. The van der Waals surface area contributed by atoms with Gasteiger partial charge in [-0.25, -0.2) is 35.4 Å². The summed E-state index contributed by atoms with van der Waals surface area (Å²) in [4.78, 5) is 0.679. The Kier molecular flexibility index (Phi) is 13.8. The van der Waals surface area contributed by atoms with Gasteiger partial charge < -0.3 is 9.47 Å². The van der Waals surface area contributed by atoms with Gasteiger partial charge in [0, 0.05) is 38.8 Å². The Morgan fingerprint density at radius 3 is 1.79 bits per heavy atom. The lowest BCUT2D eigenvalue weighted by Gasteiger charge is -2.26. The zero-order chi connectivity index (χ0) is 45.1. The minimum Gasteiger partial charge on any atom is -0.484 e. The summed E-state index contributed by atoms with van der Waals surface area (Å²) in [7, 11) is -7.92. The summed E-state index contributed by atoms with van der Waals surface area (Å²) in [6.45, 7) is 7.75. The van der Waals surface area contributed by atoms with Crippen molar-refractivity contribution >= 4 is 52.7 Å². The van der Waals surface area contributed by atoms with E-state index in [4.69, 9.17) is 9.47 Å². The molecule has 2 N–H and O–H groups in total. The minimum atomic E-state index is -3.44. The van der Waals surface area contributed by atoms with Gasteiger partial charge in [0.15, 0.2) is 0 Å². The van der Waals surface area contributed by atoms with Crippen LogP contribution in [-0.2, 0) is 30.8 Å². The Balaban J connectivity index is 0.000000197. The van der Waals surface area contributed by atoms with Crippen LogP contribution in [0.15, 0.2) is 133 Å². The van der Waals surface area contributed by atoms with Gasteiger partial charge in [0.05, 0.1) is 52.7 Å². The van der Waals surface area contributed by atoms with Crippen molar-refractivity contribution < 1.29 is 34.9 Å². The first-order chi connectivity index (χ1) is 30.0. The van der Waals surface area contributed by atoms with E-state index in [-0.39, 0.29) is 17.1 Å². The van der Waals surface area contributed by atoms with Gasteiger partial charge in [0.2, 0.25) is 20.0 Å². The Morgan fingerprint density at radius 1 is 0.698 bits per heavy atom. The van der Waals surface area contributed by atoms with Gasteiger partial charge in [0.1, 0.15) is 29.5 Å². The molecule has 0 bridgehead atoms. The Hall–Kier alpha value is -5.46. The number of hydrogen-bond donors (Lipinski definition) is 2. The fourth-order valence-electron chi connectivity index (χ4n) is 7.29. The molecule has 1 aliphatic carbocycles. The van der Waals surface area contributed by atoms with Crippen molar-refractivity contribution in [1.29, 1.82) is 0 Å². The minimum absolute atomic E-state index is 0.269. The van der Waals surface area contributed by atoms with Crippen molar-refractivity contribution in [3.05, 3.63) is 145 Å². The molecule has 63 heavy (non-hydrogen) atoms. The van der Waals surface area contributed by atoms with E-state index in [1.54, 1.807) is 61.3 Å². The van der Waals surface area contributed by atoms with Crippen molar-refractivity contribution in [1.82, 2.24) is 29.0 Å². The highest BCUT2D eigenvalue weighted by molar-refractivity contribution is 7.90. The molecule has 1 saturated carbocycles. The van der Waals surface area contributed by atoms with Crippen LogP contribution in [0.2, 0.25) is 0 Å². The molecule has 5 atom stereocenters. The van der Waals surface area contributed by atoms with Crippen LogP contribution in [0.3, 0.4) is 0 Å². The van der Waals surface area contributed by atoms with E-state index in [0.717, 1.165) is 44.9 Å². The van der Waals surface area contributed by atoms with E-state index in [9.17, 15) is 25.4 Å². The molecule has 7 aromatic rings. The second-order valence-corrected chi connectivity index (χ2v) is 21.1. The van der Waals surface area contributed by atoms with Crippen molar-refractivity contribution in [2.45, 2.75) is 81.0 Å². The second-order valence-electron chi connectivity index (χ2n) is 16.0. The first-order valence-corrected chi connectivity index (χ1v) is 25.5. The van der Waals surface area contributed by atoms with Gasteiger partial charge in [-0.05, 0) is 124 Å². The molecule has 13 nitrogen and oxygen atoms in total. The van der Waals surface area contributed by atoms with Gasteiger partial charge in [-0.1, -0.05) is 42.5 Å². The number of rotatable bonds is 16. The maximum atomic E-state index is 13.3. The van der Waals surface area contributed by atoms with Crippen LogP contribution >= 0.6 is 0 Å². The summed E-state index contributed by atoms with van der Waals surface area (Å²) >= 11 is 0. The second kappa shape index (κ2) is 19.1. The summed E-state index contributed by atoms with van der Waals surface area (Å²) in [5.74, 6) is 0.898. The maximum Gasteiger partial charge on any atom is 0.214 e. The highest BCUT2D eigenvalue weighted by atomic mass is 32.2. The maximum absolute atomic E-state index is 13.3. The number of sulfonamides is 2. The van der Waals surface area contributed by atoms with Gasteiger partial charge >= 0.3 is 0 Å². The van der Waals surface area contributed by atoms with Crippen LogP contribution in [0.4, 0.5) is 4.39 Å². The number of benzene rings is 5. The van der Waals surface area contributed by atoms with E-state index >= 15 is 0 Å². The smallest absolute Gasteiger partial charge is 0.214 e. The fraction of sp³-hybridized carbons (Fsp3) is 0.304. The van der Waals surface area contributed by atoms with E-state index in [1.807, 2.05) is 83.7 Å². The lowest BCUT2D eigenvalue weighted by Crippen LogP contribution is -2.40. The topological polar surface area (TPSA) is 164 Å². The van der Waals surface area contributed by atoms with Crippen LogP contribution in [0.1, 0.15) is 69.9 Å². The largest absolute Gasteiger partial charge is 0.484 e. The van der Waals surface area contributed by atoms with E-state index in [1.165, 1.54) is 12.1 Å². The average Bonchev–Trinajstić information content (AvgIpc) is 3.91. The molecule has 1 aliphatic rings. The molecular formula is C46H51FN6O7S3. The molecule has 2 heterocycles. The summed E-state index contributed by atoms with van der Waals surface area (Å²) < 4.78 is 95.5. The quantitative estimate of drug-likeness (QED) is 0.0974. The van der Waals surface area contributed by atoms with E-state index < -0.39 is 55.1 Å². The number of nitrogens with one attached hydrogen (secondary N) is 2. The van der Waals surface area contributed by atoms with E-state index in [0.29, 0.717) is 29.2 Å². The third-order valence-electron chi connectivity index (χ3n) is 10.5. The summed E-state index contributed by atoms with van der Waals surface area (Å²) in [6, 6.07) is 33.4. The molecule has 1 fully saturated rings. The molecule has 0 saturated heterocycles. The first-order valence-electron chi connectivity index (χ1n) is 20.5. The standard InChI is InChI=1S/C26H26FN3O4S2.C20H25N3O3S/c1-17(29-36(32,33)24-12-13-24)26(18-3-10-23(11-4-18)35(2)31)34-22-9-14-25-19(15-22)16-28-30(25)21-7-5-20(27)6-8-21;1-14(2)23-19-11-10-18(12-17(19)13-21-23)26-20(15(3)22-27(4,24)25)16-8-6-5-7-9-16/h3-11,14-17,24,26,29H,12-13H2,1-2H3;5-15,20,22H,1-4H3/t17-,26-,35?;15-,20-/m00/s1. The van der Waals surface area contributed by atoms with Crippen LogP contribution in [0.25, 0.3) is 27.5 Å². The highest BCUT2D eigenvalue weighted by Crippen LogP contribution is 2.33. The van der Waals surface area contributed by atoms with Crippen LogP contribution in [-0.4, -0.2) is 70.5 Å². The third kappa shape index (κ3) is 11.4. The predicted octanol–water partition coefficient (Wildman–Crippen LogP) is 8.17. The van der Waals surface area contributed by atoms with Gasteiger partial charge in [-0.2, -0.15) is 10.2 Å². The molecule has 0 amide bonds. The summed E-state index contributed by atoms with van der Waals surface area (Å²) in [6.07, 6.45) is 6.52. The van der Waals surface area contributed by atoms with Gasteiger partial charge in [-0.3, -0.25) is 8.89 Å². The van der Waals surface area contributed by atoms with Gasteiger partial charge in [0.25, 0.3) is 0 Å². The van der Waals surface area contributed by atoms with Crippen molar-refractivity contribution in [3.63, 3.8) is 0 Å². The molecule has 332 valence electrons. The average molecular weight is 915 g/mol. The molecular weight excluding hydrogens is 864 g/mol. The van der Waals surface area contributed by atoms with Crippen LogP contribution in [0, 0.1) is 5.82 Å². The zero-order valence-electron chi connectivity index (χ0n) is 35.8. The number of hydrogen-bond acceptors (Lipinski definition) is 9. The SMILES string of the molecule is CC(C)n1ncc2cc(O[C@H](c3ccccc3)[C@H](C)NS(C)(=O)=O)ccc21.C[C@H](NS(=O)(=O)C1CC1)[C@H](Oc1ccc2c(cnn2-c2ccc(F)cc2)c1)c1ccc(S(C)=O)cc1. The highest BCUT2D eigenvalue weighted by Gasteiger charge is 2.38. The number of ether oxygens (including phenoxy) is 2. The molecule has 8 rings (SSSR count).